The van der Waals surface area contributed by atoms with Crippen LogP contribution in [0.25, 0.3) is 21.8 Å². The minimum atomic E-state index is -0.790. The minimum Gasteiger partial charge on any atom is -0.324 e. The normalized spacial score (nSPS) is 12.4. The van der Waals surface area contributed by atoms with Gasteiger partial charge >= 0.3 is 0 Å². The van der Waals surface area contributed by atoms with Crippen LogP contribution in [0.15, 0.2) is 60.7 Å². The van der Waals surface area contributed by atoms with Crippen LogP contribution in [0, 0.1) is 0 Å². The Morgan fingerprint density at radius 1 is 1.08 bits per heavy atom. The smallest absolute Gasteiger partial charge is 0.248 e. The number of halogens is 1. The first-order valence-corrected chi connectivity index (χ1v) is 8.18. The third kappa shape index (κ3) is 3.07. The molecule has 124 valence electrons. The molecule has 0 saturated heterocycles. The molecule has 1 atom stereocenters. The van der Waals surface area contributed by atoms with Crippen LogP contribution in [-0.4, -0.2) is 15.9 Å². The maximum Gasteiger partial charge on any atom is 0.248 e. The Morgan fingerprint density at radius 2 is 1.88 bits per heavy atom. The van der Waals surface area contributed by atoms with Crippen molar-refractivity contribution < 1.29 is 4.79 Å². The van der Waals surface area contributed by atoms with Crippen LogP contribution in [0.1, 0.15) is 11.6 Å². The van der Waals surface area contributed by atoms with Crippen molar-refractivity contribution >= 4 is 45.3 Å². The molecule has 1 amide bonds. The van der Waals surface area contributed by atoms with Gasteiger partial charge in [-0.1, -0.05) is 48.0 Å². The molecule has 0 aliphatic heterocycles. The molecule has 0 fully saturated rings. The molecule has 5 nitrogen and oxygen atoms in total. The summed E-state index contributed by atoms with van der Waals surface area (Å²) < 4.78 is 0. The van der Waals surface area contributed by atoms with Gasteiger partial charge in [-0.25, -0.2) is 4.98 Å². The fraction of sp³-hybridized carbons (Fsp3) is 0.0526. The van der Waals surface area contributed by atoms with Gasteiger partial charge in [0.25, 0.3) is 0 Å². The number of carbonyl (C=O) groups is 1. The molecule has 4 N–H and O–H groups in total. The van der Waals surface area contributed by atoms with Gasteiger partial charge in [0.15, 0.2) is 0 Å². The fourth-order valence-electron chi connectivity index (χ4n) is 2.79. The molecule has 6 heteroatoms. The Kier molecular flexibility index (Phi) is 3.87. The number of carbonyl (C=O) groups excluding carboxylic acids is 1. The van der Waals surface area contributed by atoms with Crippen molar-refractivity contribution in [2.75, 3.05) is 5.32 Å². The predicted molar refractivity (Wildman–Crippen MR) is 101 cm³/mol. The molecule has 0 radical (unpaired) electrons. The Labute approximate surface area is 148 Å². The molecule has 1 unspecified atom stereocenters. The highest BCUT2D eigenvalue weighted by Crippen LogP contribution is 2.22. The molecule has 0 spiro atoms. The van der Waals surface area contributed by atoms with Gasteiger partial charge in [-0.15, -0.1) is 0 Å². The van der Waals surface area contributed by atoms with Crippen LogP contribution >= 0.6 is 11.6 Å². The topological polar surface area (TPSA) is 83.8 Å². The number of benzene rings is 3. The van der Waals surface area contributed by atoms with E-state index < -0.39 is 6.04 Å². The number of H-pyrrole nitrogens is 1. The summed E-state index contributed by atoms with van der Waals surface area (Å²) in [6.45, 7) is 0. The lowest BCUT2D eigenvalue weighted by molar-refractivity contribution is -0.117. The number of anilines is 1. The number of hydrogen-bond acceptors (Lipinski definition) is 3. The van der Waals surface area contributed by atoms with E-state index in [-0.39, 0.29) is 5.91 Å². The summed E-state index contributed by atoms with van der Waals surface area (Å²) in [6, 6.07) is 18.2. The van der Waals surface area contributed by atoms with Crippen LogP contribution in [-0.2, 0) is 4.79 Å². The highest BCUT2D eigenvalue weighted by atomic mass is 35.5. The summed E-state index contributed by atoms with van der Waals surface area (Å²) in [5.41, 5.74) is 8.34. The molecular formula is C19H15ClN4O. The van der Waals surface area contributed by atoms with Crippen molar-refractivity contribution in [3.8, 4) is 0 Å². The second-order valence-electron chi connectivity index (χ2n) is 5.82. The van der Waals surface area contributed by atoms with Gasteiger partial charge in [0, 0.05) is 5.02 Å². The van der Waals surface area contributed by atoms with E-state index in [4.69, 9.17) is 17.3 Å². The number of rotatable bonds is 3. The standard InChI is InChI=1S/C19H15ClN4O/c20-14-7-8-15-16(10-14)23-19(22-15)24-18(25)17(21)13-6-5-11-3-1-2-4-12(11)9-13/h1-10,17H,21H2,(H2,22,23,24,25). The van der Waals surface area contributed by atoms with E-state index in [1.807, 2.05) is 42.5 Å². The van der Waals surface area contributed by atoms with E-state index in [0.717, 1.165) is 27.4 Å². The maximum absolute atomic E-state index is 12.5. The van der Waals surface area contributed by atoms with Gasteiger partial charge in [0.05, 0.1) is 11.0 Å². The SMILES string of the molecule is NC(C(=O)Nc1nc2ccc(Cl)cc2[nH]1)c1ccc2ccccc2c1. The van der Waals surface area contributed by atoms with Gasteiger partial charge in [0.1, 0.15) is 6.04 Å². The van der Waals surface area contributed by atoms with Crippen molar-refractivity contribution in [1.29, 1.82) is 0 Å². The first-order chi connectivity index (χ1) is 12.1. The predicted octanol–water partition coefficient (Wildman–Crippen LogP) is 4.01. The van der Waals surface area contributed by atoms with Crippen molar-refractivity contribution in [1.82, 2.24) is 9.97 Å². The molecule has 4 aromatic rings. The average molecular weight is 351 g/mol. The Bertz CT molecular complexity index is 1090. The number of nitrogens with one attached hydrogen (secondary N) is 2. The van der Waals surface area contributed by atoms with Crippen LogP contribution in [0.5, 0.6) is 0 Å². The van der Waals surface area contributed by atoms with E-state index in [2.05, 4.69) is 15.3 Å². The summed E-state index contributed by atoms with van der Waals surface area (Å²) in [6.07, 6.45) is 0. The lowest BCUT2D eigenvalue weighted by Crippen LogP contribution is -2.28. The van der Waals surface area contributed by atoms with Crippen LogP contribution in [0.3, 0.4) is 0 Å². The van der Waals surface area contributed by atoms with Crippen molar-refractivity contribution in [2.24, 2.45) is 5.73 Å². The van der Waals surface area contributed by atoms with Crippen molar-refractivity contribution in [3.63, 3.8) is 0 Å². The molecule has 0 saturated carbocycles. The van der Waals surface area contributed by atoms with Crippen LogP contribution in [0.2, 0.25) is 5.02 Å². The minimum absolute atomic E-state index is 0.333. The molecule has 0 aliphatic rings. The highest BCUT2D eigenvalue weighted by molar-refractivity contribution is 6.31. The number of fused-ring (bicyclic) bond motifs is 2. The van der Waals surface area contributed by atoms with Gasteiger partial charge in [-0.2, -0.15) is 0 Å². The quantitative estimate of drug-likeness (QED) is 0.522. The van der Waals surface area contributed by atoms with Crippen molar-refractivity contribution in [2.45, 2.75) is 6.04 Å². The fourth-order valence-corrected chi connectivity index (χ4v) is 2.96. The summed E-state index contributed by atoms with van der Waals surface area (Å²) in [4.78, 5) is 19.8. The molecule has 4 rings (SSSR count). The number of amides is 1. The van der Waals surface area contributed by atoms with Crippen LogP contribution < -0.4 is 11.1 Å². The van der Waals surface area contributed by atoms with Gasteiger partial charge in [0.2, 0.25) is 11.9 Å². The number of nitrogens with two attached hydrogens (primary N) is 1. The second-order valence-corrected chi connectivity index (χ2v) is 6.26. The lowest BCUT2D eigenvalue weighted by Gasteiger charge is -2.12. The Balaban J connectivity index is 1.57. The zero-order valence-corrected chi connectivity index (χ0v) is 13.9. The first kappa shape index (κ1) is 15.6. The Morgan fingerprint density at radius 3 is 2.72 bits per heavy atom. The summed E-state index contributed by atoms with van der Waals surface area (Å²) in [5, 5.41) is 5.47. The summed E-state index contributed by atoms with van der Waals surface area (Å²) in [7, 11) is 0. The van der Waals surface area contributed by atoms with Gasteiger partial charge < -0.3 is 10.7 Å². The van der Waals surface area contributed by atoms with Gasteiger partial charge in [-0.05, 0) is 40.6 Å². The number of aromatic amines is 1. The number of hydrogen-bond donors (Lipinski definition) is 3. The molecule has 25 heavy (non-hydrogen) atoms. The third-order valence-corrected chi connectivity index (χ3v) is 4.34. The molecule has 0 aliphatic carbocycles. The zero-order valence-electron chi connectivity index (χ0n) is 13.2. The number of imidazole rings is 1. The molecule has 1 heterocycles. The second kappa shape index (κ2) is 6.20. The molecule has 1 aromatic heterocycles. The lowest BCUT2D eigenvalue weighted by atomic mass is 10.0. The summed E-state index contributed by atoms with van der Waals surface area (Å²) >= 11 is 5.96. The van der Waals surface area contributed by atoms with Gasteiger partial charge in [-0.3, -0.25) is 10.1 Å². The first-order valence-electron chi connectivity index (χ1n) is 7.80. The molecular weight excluding hydrogens is 336 g/mol. The Hall–Kier alpha value is -2.89. The zero-order chi connectivity index (χ0) is 17.4. The highest BCUT2D eigenvalue weighted by Gasteiger charge is 2.17. The van der Waals surface area contributed by atoms with E-state index in [9.17, 15) is 4.79 Å². The number of nitrogens with zero attached hydrogens (tertiary/aromatic N) is 1. The van der Waals surface area contributed by atoms with E-state index in [1.165, 1.54) is 0 Å². The largest absolute Gasteiger partial charge is 0.324 e. The molecule has 0 bridgehead atoms. The van der Waals surface area contributed by atoms with E-state index in [1.54, 1.807) is 18.2 Å². The average Bonchev–Trinajstić information content (AvgIpc) is 3.01. The van der Waals surface area contributed by atoms with Crippen LogP contribution in [0.4, 0.5) is 5.95 Å². The third-order valence-electron chi connectivity index (χ3n) is 4.10. The maximum atomic E-state index is 12.5. The summed E-state index contributed by atoms with van der Waals surface area (Å²) in [5.74, 6) is 0.0129. The monoisotopic (exact) mass is 350 g/mol. The van der Waals surface area contributed by atoms with Crippen molar-refractivity contribution in [3.05, 3.63) is 71.2 Å². The van der Waals surface area contributed by atoms with E-state index in [0.29, 0.717) is 11.0 Å². The molecule has 3 aromatic carbocycles. The number of aromatic nitrogens is 2. The van der Waals surface area contributed by atoms with E-state index >= 15 is 0 Å².